The van der Waals surface area contributed by atoms with E-state index < -0.39 is 6.09 Å². The first kappa shape index (κ1) is 21.7. The van der Waals surface area contributed by atoms with Gasteiger partial charge >= 0.3 is 6.09 Å². The summed E-state index contributed by atoms with van der Waals surface area (Å²) < 4.78 is 13.4. The van der Waals surface area contributed by atoms with Crippen molar-refractivity contribution in [3.8, 4) is 11.8 Å². The molecular formula is C25H26N6O3. The van der Waals surface area contributed by atoms with Crippen molar-refractivity contribution in [2.24, 2.45) is 5.92 Å². The molecule has 5 rings (SSSR count). The molecule has 9 heteroatoms. The minimum atomic E-state index is -0.548. The molecule has 0 fully saturated rings. The van der Waals surface area contributed by atoms with Gasteiger partial charge in [0, 0.05) is 74.4 Å². The lowest BCUT2D eigenvalue weighted by atomic mass is 9.99. The van der Waals surface area contributed by atoms with Gasteiger partial charge < -0.3 is 24.7 Å². The minimum absolute atomic E-state index is 0.279. The summed E-state index contributed by atoms with van der Waals surface area (Å²) in [5.41, 5.74) is 1.99. The first-order valence-electron chi connectivity index (χ1n) is 11.3. The van der Waals surface area contributed by atoms with Gasteiger partial charge in [-0.15, -0.1) is 0 Å². The molecule has 0 spiro atoms. The third-order valence-electron chi connectivity index (χ3n) is 5.93. The molecule has 1 amide bonds. The SMILES string of the molecule is CNC(=O)Oc1nccc2cc(NCc3ccc(OC[C@H]4CCn5ccnc5C4)nc3)ccc12. The topological polar surface area (TPSA) is 103 Å². The Morgan fingerprint density at radius 3 is 2.94 bits per heavy atom. The molecule has 1 atom stereocenters. The molecule has 4 heterocycles. The van der Waals surface area contributed by atoms with Gasteiger partial charge in [0.25, 0.3) is 0 Å². The van der Waals surface area contributed by atoms with Crippen molar-refractivity contribution >= 4 is 22.6 Å². The molecule has 1 aliphatic heterocycles. The van der Waals surface area contributed by atoms with Gasteiger partial charge in [0.15, 0.2) is 0 Å². The number of carbonyl (C=O) groups excluding carboxylic acids is 1. The van der Waals surface area contributed by atoms with E-state index in [0.29, 0.717) is 24.9 Å². The molecule has 1 aliphatic rings. The standard InChI is InChI=1S/C25H26N6O3/c1-26-25(32)34-24-21-4-3-20(13-19(21)6-8-28-24)29-14-18-2-5-23(30-15-18)33-16-17-7-10-31-11-9-27-22(31)12-17/h2-6,8-9,11,13,15,17,29H,7,10,12,14,16H2,1H3,(H,26,32)/t17-/m0/s1. The van der Waals surface area contributed by atoms with Crippen LogP contribution in [0.15, 0.2) is 61.2 Å². The summed E-state index contributed by atoms with van der Waals surface area (Å²) in [4.78, 5) is 24.6. The fraction of sp³-hybridized carbons (Fsp3) is 0.280. The van der Waals surface area contributed by atoms with Gasteiger partial charge in [0.2, 0.25) is 11.8 Å². The highest BCUT2D eigenvalue weighted by Gasteiger charge is 2.19. The third-order valence-corrected chi connectivity index (χ3v) is 5.93. The van der Waals surface area contributed by atoms with Crippen LogP contribution in [0.25, 0.3) is 10.8 Å². The first-order valence-corrected chi connectivity index (χ1v) is 11.3. The average molecular weight is 459 g/mol. The lowest BCUT2D eigenvalue weighted by Gasteiger charge is -2.23. The second kappa shape index (κ2) is 9.78. The Bertz CT molecular complexity index is 1290. The predicted octanol–water partition coefficient (Wildman–Crippen LogP) is 3.80. The Balaban J connectivity index is 1.15. The molecule has 1 aromatic carbocycles. The van der Waals surface area contributed by atoms with E-state index in [1.54, 1.807) is 6.20 Å². The second-order valence-electron chi connectivity index (χ2n) is 8.26. The molecule has 34 heavy (non-hydrogen) atoms. The molecule has 0 aliphatic carbocycles. The van der Waals surface area contributed by atoms with Crippen molar-refractivity contribution in [2.75, 3.05) is 19.0 Å². The molecule has 9 nitrogen and oxygen atoms in total. The van der Waals surface area contributed by atoms with Crippen LogP contribution in [0.1, 0.15) is 17.8 Å². The summed E-state index contributed by atoms with van der Waals surface area (Å²) in [6, 6.07) is 11.6. The number of benzene rings is 1. The normalized spacial score (nSPS) is 14.9. The second-order valence-corrected chi connectivity index (χ2v) is 8.26. The van der Waals surface area contributed by atoms with Gasteiger partial charge in [0.1, 0.15) is 5.82 Å². The molecule has 4 aromatic rings. The highest BCUT2D eigenvalue weighted by Crippen LogP contribution is 2.26. The number of nitrogens with one attached hydrogen (secondary N) is 2. The van der Waals surface area contributed by atoms with Gasteiger partial charge in [-0.1, -0.05) is 6.07 Å². The smallest absolute Gasteiger partial charge is 0.413 e. The van der Waals surface area contributed by atoms with Crippen LogP contribution in [-0.2, 0) is 19.5 Å². The van der Waals surface area contributed by atoms with Gasteiger partial charge in [0.05, 0.1) is 6.61 Å². The van der Waals surface area contributed by atoms with Crippen LogP contribution in [0.4, 0.5) is 10.5 Å². The Morgan fingerprint density at radius 2 is 2.09 bits per heavy atom. The third kappa shape index (κ3) is 4.93. The number of hydrogen-bond acceptors (Lipinski definition) is 7. The number of pyridine rings is 2. The van der Waals surface area contributed by atoms with E-state index >= 15 is 0 Å². The summed E-state index contributed by atoms with van der Waals surface area (Å²) in [6.45, 7) is 2.26. The highest BCUT2D eigenvalue weighted by atomic mass is 16.6. The zero-order valence-corrected chi connectivity index (χ0v) is 18.9. The van der Waals surface area contributed by atoms with Crippen LogP contribution in [0.3, 0.4) is 0 Å². The van der Waals surface area contributed by atoms with E-state index in [1.807, 2.05) is 55.0 Å². The minimum Gasteiger partial charge on any atom is -0.477 e. The number of fused-ring (bicyclic) bond motifs is 2. The largest absolute Gasteiger partial charge is 0.477 e. The lowest BCUT2D eigenvalue weighted by molar-refractivity contribution is 0.201. The van der Waals surface area contributed by atoms with E-state index in [4.69, 9.17) is 9.47 Å². The van der Waals surface area contributed by atoms with Crippen molar-refractivity contribution in [3.63, 3.8) is 0 Å². The number of imidazole rings is 1. The molecule has 2 N–H and O–H groups in total. The van der Waals surface area contributed by atoms with E-state index in [2.05, 4.69) is 30.2 Å². The van der Waals surface area contributed by atoms with Crippen molar-refractivity contribution in [1.29, 1.82) is 0 Å². The molecule has 0 radical (unpaired) electrons. The zero-order valence-electron chi connectivity index (χ0n) is 18.9. The fourth-order valence-corrected chi connectivity index (χ4v) is 4.05. The van der Waals surface area contributed by atoms with Crippen LogP contribution >= 0.6 is 0 Å². The summed E-state index contributed by atoms with van der Waals surface area (Å²) in [7, 11) is 1.51. The van der Waals surface area contributed by atoms with Crippen molar-refractivity contribution < 1.29 is 14.3 Å². The maximum atomic E-state index is 11.5. The van der Waals surface area contributed by atoms with Gasteiger partial charge in [-0.05, 0) is 41.6 Å². The van der Waals surface area contributed by atoms with Crippen LogP contribution in [0.2, 0.25) is 0 Å². The van der Waals surface area contributed by atoms with Gasteiger partial charge in [-0.3, -0.25) is 0 Å². The van der Waals surface area contributed by atoms with Gasteiger partial charge in [-0.2, -0.15) is 0 Å². The van der Waals surface area contributed by atoms with Crippen LogP contribution in [0, 0.1) is 5.92 Å². The lowest BCUT2D eigenvalue weighted by Crippen LogP contribution is -2.24. The quantitative estimate of drug-likeness (QED) is 0.434. The van der Waals surface area contributed by atoms with E-state index in [-0.39, 0.29) is 5.88 Å². The Labute approximate surface area is 197 Å². The molecule has 0 bridgehead atoms. The van der Waals surface area contributed by atoms with Crippen LogP contribution < -0.4 is 20.1 Å². The van der Waals surface area contributed by atoms with Crippen molar-refractivity contribution in [2.45, 2.75) is 25.9 Å². The average Bonchev–Trinajstić information content (AvgIpc) is 3.35. The Morgan fingerprint density at radius 1 is 1.15 bits per heavy atom. The number of hydrogen-bond donors (Lipinski definition) is 2. The summed E-state index contributed by atoms with van der Waals surface area (Å²) >= 11 is 0. The number of aromatic nitrogens is 4. The number of rotatable bonds is 7. The number of amides is 1. The van der Waals surface area contributed by atoms with Crippen LogP contribution in [0.5, 0.6) is 11.8 Å². The fourth-order valence-electron chi connectivity index (χ4n) is 4.05. The molecule has 0 saturated carbocycles. The first-order chi connectivity index (χ1) is 16.7. The highest BCUT2D eigenvalue weighted by molar-refractivity contribution is 5.90. The molecule has 3 aromatic heterocycles. The van der Waals surface area contributed by atoms with Crippen molar-refractivity contribution in [3.05, 3.63) is 72.6 Å². The number of carbonyl (C=O) groups is 1. The molecule has 0 saturated heterocycles. The van der Waals surface area contributed by atoms with Crippen LogP contribution in [-0.4, -0.2) is 39.3 Å². The number of ether oxygens (including phenoxy) is 2. The maximum Gasteiger partial charge on any atom is 0.413 e. The van der Waals surface area contributed by atoms with E-state index in [9.17, 15) is 4.79 Å². The Hall–Kier alpha value is -4.14. The summed E-state index contributed by atoms with van der Waals surface area (Å²) in [5, 5.41) is 7.52. The monoisotopic (exact) mass is 458 g/mol. The molecular weight excluding hydrogens is 432 g/mol. The zero-order chi connectivity index (χ0) is 23.3. The predicted molar refractivity (Wildman–Crippen MR) is 128 cm³/mol. The molecule has 0 unspecified atom stereocenters. The number of nitrogens with zero attached hydrogens (tertiary/aromatic N) is 4. The number of anilines is 1. The Kier molecular flexibility index (Phi) is 6.24. The number of aryl methyl sites for hydroxylation is 1. The summed E-state index contributed by atoms with van der Waals surface area (Å²) in [6.07, 6.45) is 8.83. The van der Waals surface area contributed by atoms with E-state index in [0.717, 1.165) is 47.2 Å². The summed E-state index contributed by atoms with van der Waals surface area (Å²) in [5.74, 6) is 2.51. The van der Waals surface area contributed by atoms with Gasteiger partial charge in [-0.25, -0.2) is 19.7 Å². The maximum absolute atomic E-state index is 11.5. The van der Waals surface area contributed by atoms with E-state index in [1.165, 1.54) is 7.05 Å². The van der Waals surface area contributed by atoms with Crippen molar-refractivity contribution in [1.82, 2.24) is 24.8 Å². The molecule has 174 valence electrons.